The number of amides is 1. The van der Waals surface area contributed by atoms with Crippen LogP contribution in [-0.2, 0) is 10.2 Å². The fraction of sp³-hybridized carbons (Fsp3) is 0.533. The highest BCUT2D eigenvalue weighted by molar-refractivity contribution is 5.87. The number of carbonyl (C=O) groups excluding carboxylic acids is 1. The average Bonchev–Trinajstić information content (AvgIpc) is 2.36. The maximum Gasteiger partial charge on any atom is 0.230 e. The first-order chi connectivity index (χ1) is 8.87. The molecule has 3 nitrogen and oxygen atoms in total. The van der Waals surface area contributed by atoms with Crippen molar-refractivity contribution in [2.75, 3.05) is 13.2 Å². The minimum absolute atomic E-state index is 0.115. The Morgan fingerprint density at radius 2 is 2.16 bits per heavy atom. The number of hydrogen-bond acceptors (Lipinski definition) is 2. The molecule has 2 N–H and O–H groups in total. The molecule has 1 atom stereocenters. The van der Waals surface area contributed by atoms with Crippen LogP contribution < -0.4 is 5.32 Å². The lowest BCUT2D eigenvalue weighted by molar-refractivity contribution is -0.125. The van der Waals surface area contributed by atoms with E-state index in [1.54, 1.807) is 26.0 Å². The second-order valence-corrected chi connectivity index (χ2v) is 5.46. The Labute approximate surface area is 113 Å². The first-order valence-electron chi connectivity index (χ1n) is 6.53. The molecule has 0 aliphatic heterocycles. The minimum atomic E-state index is -0.777. The number of hydrogen-bond donors (Lipinski definition) is 2. The zero-order valence-corrected chi connectivity index (χ0v) is 11.7. The second kappa shape index (κ2) is 6.66. The van der Waals surface area contributed by atoms with Crippen LogP contribution in [-0.4, -0.2) is 24.2 Å². The first-order valence-corrected chi connectivity index (χ1v) is 6.53. The van der Waals surface area contributed by atoms with Gasteiger partial charge in [0.15, 0.2) is 0 Å². The lowest BCUT2D eigenvalue weighted by Crippen LogP contribution is -2.41. The zero-order chi connectivity index (χ0) is 14.5. The van der Waals surface area contributed by atoms with Crippen LogP contribution in [0.15, 0.2) is 24.3 Å². The molecule has 1 rings (SSSR count). The molecule has 1 unspecified atom stereocenters. The SMILES string of the molecule is CC(CCO)CNC(=O)C(C)(C)c1cccc(F)c1. The van der Waals surface area contributed by atoms with E-state index in [0.717, 1.165) is 0 Å². The highest BCUT2D eigenvalue weighted by Crippen LogP contribution is 2.24. The number of halogens is 1. The topological polar surface area (TPSA) is 49.3 Å². The summed E-state index contributed by atoms with van der Waals surface area (Å²) >= 11 is 0. The number of benzene rings is 1. The maximum absolute atomic E-state index is 13.2. The number of aliphatic hydroxyl groups excluding tert-OH is 1. The Hall–Kier alpha value is -1.42. The quantitative estimate of drug-likeness (QED) is 0.830. The minimum Gasteiger partial charge on any atom is -0.396 e. The molecule has 0 heterocycles. The van der Waals surface area contributed by atoms with Gasteiger partial charge in [0.2, 0.25) is 5.91 Å². The van der Waals surface area contributed by atoms with E-state index in [2.05, 4.69) is 5.32 Å². The molecule has 0 bridgehead atoms. The smallest absolute Gasteiger partial charge is 0.230 e. The van der Waals surface area contributed by atoms with Crippen molar-refractivity contribution in [3.63, 3.8) is 0 Å². The second-order valence-electron chi connectivity index (χ2n) is 5.46. The summed E-state index contributed by atoms with van der Waals surface area (Å²) in [6.45, 7) is 6.13. The highest BCUT2D eigenvalue weighted by Gasteiger charge is 2.29. The van der Waals surface area contributed by atoms with Gasteiger partial charge in [-0.25, -0.2) is 4.39 Å². The van der Waals surface area contributed by atoms with Crippen molar-refractivity contribution in [2.45, 2.75) is 32.6 Å². The number of rotatable bonds is 6. The molecule has 1 aromatic rings. The summed E-state index contributed by atoms with van der Waals surface area (Å²) in [5.74, 6) is -0.257. The van der Waals surface area contributed by atoms with E-state index in [1.165, 1.54) is 12.1 Å². The molecule has 1 aromatic carbocycles. The van der Waals surface area contributed by atoms with E-state index in [9.17, 15) is 9.18 Å². The van der Waals surface area contributed by atoms with E-state index in [4.69, 9.17) is 5.11 Å². The van der Waals surface area contributed by atoms with Crippen molar-refractivity contribution >= 4 is 5.91 Å². The molecule has 0 aliphatic rings. The number of nitrogens with one attached hydrogen (secondary N) is 1. The van der Waals surface area contributed by atoms with Gasteiger partial charge in [-0.15, -0.1) is 0 Å². The molecule has 0 aromatic heterocycles. The fourth-order valence-corrected chi connectivity index (χ4v) is 1.82. The van der Waals surface area contributed by atoms with Crippen molar-refractivity contribution in [3.05, 3.63) is 35.6 Å². The molecule has 0 fully saturated rings. The molecule has 0 radical (unpaired) electrons. The summed E-state index contributed by atoms with van der Waals surface area (Å²) in [7, 11) is 0. The van der Waals surface area contributed by atoms with Gasteiger partial charge in [0.25, 0.3) is 0 Å². The lowest BCUT2D eigenvalue weighted by atomic mass is 9.83. The standard InChI is InChI=1S/C15H22FNO2/c1-11(7-8-18)10-17-14(19)15(2,3)12-5-4-6-13(16)9-12/h4-6,9,11,18H,7-8,10H2,1-3H3,(H,17,19). The molecule has 0 saturated carbocycles. The normalized spacial score (nSPS) is 13.1. The largest absolute Gasteiger partial charge is 0.396 e. The summed E-state index contributed by atoms with van der Waals surface area (Å²) in [5, 5.41) is 11.7. The molecular weight excluding hydrogens is 245 g/mol. The van der Waals surface area contributed by atoms with E-state index < -0.39 is 5.41 Å². The third-order valence-corrected chi connectivity index (χ3v) is 3.35. The summed E-state index contributed by atoms with van der Waals surface area (Å²) in [4.78, 5) is 12.2. The van der Waals surface area contributed by atoms with E-state index >= 15 is 0 Å². The van der Waals surface area contributed by atoms with Crippen LogP contribution in [0.25, 0.3) is 0 Å². The third-order valence-electron chi connectivity index (χ3n) is 3.35. The molecule has 106 valence electrons. The highest BCUT2D eigenvalue weighted by atomic mass is 19.1. The molecule has 0 aliphatic carbocycles. The van der Waals surface area contributed by atoms with Crippen molar-refractivity contribution in [2.24, 2.45) is 5.92 Å². The van der Waals surface area contributed by atoms with E-state index in [1.807, 2.05) is 6.92 Å². The van der Waals surface area contributed by atoms with Crippen LogP contribution >= 0.6 is 0 Å². The Kier molecular flexibility index (Phi) is 5.48. The lowest BCUT2D eigenvalue weighted by Gasteiger charge is -2.25. The predicted octanol–water partition coefficient (Wildman–Crippen LogP) is 2.24. The summed E-state index contributed by atoms with van der Waals surface area (Å²) < 4.78 is 13.2. The summed E-state index contributed by atoms with van der Waals surface area (Å²) in [6.07, 6.45) is 0.653. The average molecular weight is 267 g/mol. The molecule has 19 heavy (non-hydrogen) atoms. The zero-order valence-electron chi connectivity index (χ0n) is 11.7. The Bertz CT molecular complexity index is 432. The van der Waals surface area contributed by atoms with Gasteiger partial charge < -0.3 is 10.4 Å². The fourth-order valence-electron chi connectivity index (χ4n) is 1.82. The summed E-state index contributed by atoms with van der Waals surface area (Å²) in [6, 6.07) is 6.10. The number of aliphatic hydroxyl groups is 1. The predicted molar refractivity (Wildman–Crippen MR) is 73.3 cm³/mol. The Morgan fingerprint density at radius 3 is 2.74 bits per heavy atom. The van der Waals surface area contributed by atoms with E-state index in [-0.39, 0.29) is 24.2 Å². The molecule has 0 spiro atoms. The van der Waals surface area contributed by atoms with Gasteiger partial charge >= 0.3 is 0 Å². The Balaban J connectivity index is 2.69. The van der Waals surface area contributed by atoms with Crippen molar-refractivity contribution in [3.8, 4) is 0 Å². The van der Waals surface area contributed by atoms with Crippen LogP contribution in [0.5, 0.6) is 0 Å². The monoisotopic (exact) mass is 267 g/mol. The van der Waals surface area contributed by atoms with Crippen LogP contribution in [0.2, 0.25) is 0 Å². The van der Waals surface area contributed by atoms with Crippen LogP contribution in [0, 0.1) is 11.7 Å². The van der Waals surface area contributed by atoms with Gasteiger partial charge in [-0.3, -0.25) is 4.79 Å². The van der Waals surface area contributed by atoms with Gasteiger partial charge in [-0.2, -0.15) is 0 Å². The maximum atomic E-state index is 13.2. The van der Waals surface area contributed by atoms with Crippen molar-refractivity contribution in [1.82, 2.24) is 5.32 Å². The van der Waals surface area contributed by atoms with Crippen LogP contribution in [0.4, 0.5) is 4.39 Å². The summed E-state index contributed by atoms with van der Waals surface area (Å²) in [5.41, 5.74) is -0.124. The van der Waals surface area contributed by atoms with Gasteiger partial charge in [0.1, 0.15) is 5.82 Å². The van der Waals surface area contributed by atoms with Gasteiger partial charge in [0.05, 0.1) is 5.41 Å². The molecule has 4 heteroatoms. The number of carbonyl (C=O) groups is 1. The third kappa shape index (κ3) is 4.31. The van der Waals surface area contributed by atoms with Gasteiger partial charge in [-0.1, -0.05) is 19.1 Å². The molecule has 1 amide bonds. The van der Waals surface area contributed by atoms with Gasteiger partial charge in [0, 0.05) is 13.2 Å². The Morgan fingerprint density at radius 1 is 1.47 bits per heavy atom. The van der Waals surface area contributed by atoms with Crippen LogP contribution in [0.1, 0.15) is 32.8 Å². The van der Waals surface area contributed by atoms with Gasteiger partial charge in [-0.05, 0) is 43.9 Å². The first kappa shape index (κ1) is 15.6. The van der Waals surface area contributed by atoms with Crippen molar-refractivity contribution < 1.29 is 14.3 Å². The molecule has 0 saturated heterocycles. The van der Waals surface area contributed by atoms with Crippen molar-refractivity contribution in [1.29, 1.82) is 0 Å². The molecular formula is C15H22FNO2. The van der Waals surface area contributed by atoms with E-state index in [0.29, 0.717) is 18.5 Å². The van der Waals surface area contributed by atoms with Crippen LogP contribution in [0.3, 0.4) is 0 Å².